The predicted molar refractivity (Wildman–Crippen MR) is 103 cm³/mol. The fourth-order valence-corrected chi connectivity index (χ4v) is 3.32. The van der Waals surface area contributed by atoms with Gasteiger partial charge in [0.25, 0.3) is 0 Å². The van der Waals surface area contributed by atoms with Crippen LogP contribution in [0.1, 0.15) is 0 Å². The summed E-state index contributed by atoms with van der Waals surface area (Å²) in [6, 6.07) is 25.6. The third-order valence-electron chi connectivity index (χ3n) is 4.55. The topological polar surface area (TPSA) is 50.9 Å². The molecule has 0 unspecified atom stereocenters. The molecule has 5 aromatic rings. The number of hydrogen-bond donors (Lipinski definition) is 1. The third-order valence-corrected chi connectivity index (χ3v) is 4.55. The summed E-state index contributed by atoms with van der Waals surface area (Å²) in [5, 5.41) is 12.7. The van der Waals surface area contributed by atoms with Crippen molar-refractivity contribution < 1.29 is 5.11 Å². The van der Waals surface area contributed by atoms with Crippen LogP contribution in [0.25, 0.3) is 39.0 Å². The van der Waals surface area contributed by atoms with Gasteiger partial charge >= 0.3 is 0 Å². The molecule has 3 aromatic carbocycles. The number of aromatic hydroxyl groups is 1. The van der Waals surface area contributed by atoms with Gasteiger partial charge in [0.05, 0.1) is 5.56 Å². The van der Waals surface area contributed by atoms with Gasteiger partial charge in [-0.3, -0.25) is 4.57 Å². The van der Waals surface area contributed by atoms with Crippen molar-refractivity contribution >= 4 is 21.9 Å². The van der Waals surface area contributed by atoms with E-state index in [1.165, 1.54) is 5.39 Å². The number of benzene rings is 3. The van der Waals surface area contributed by atoms with E-state index in [0.29, 0.717) is 11.4 Å². The molecule has 0 atom stereocenters. The molecule has 0 amide bonds. The summed E-state index contributed by atoms with van der Waals surface area (Å²) in [6.07, 6.45) is 1.76. The van der Waals surface area contributed by atoms with E-state index in [2.05, 4.69) is 35.3 Å². The maximum absolute atomic E-state index is 10.4. The van der Waals surface area contributed by atoms with Crippen molar-refractivity contribution in [2.75, 3.05) is 0 Å². The van der Waals surface area contributed by atoms with Gasteiger partial charge in [0, 0.05) is 11.9 Å². The molecule has 0 aliphatic carbocycles. The summed E-state index contributed by atoms with van der Waals surface area (Å²) < 4.78 is 2.00. The number of nitrogens with zero attached hydrogens (tertiary/aromatic N) is 3. The van der Waals surface area contributed by atoms with E-state index in [9.17, 15) is 5.11 Å². The minimum absolute atomic E-state index is 0.199. The number of rotatable bonds is 2. The first-order valence-electron chi connectivity index (χ1n) is 8.42. The third kappa shape index (κ3) is 2.24. The number of phenolic OH excluding ortho intramolecular Hbond substituents is 1. The van der Waals surface area contributed by atoms with Gasteiger partial charge < -0.3 is 5.11 Å². The van der Waals surface area contributed by atoms with Gasteiger partial charge in [-0.1, -0.05) is 42.5 Å². The van der Waals surface area contributed by atoms with Gasteiger partial charge in [-0.25, -0.2) is 9.97 Å². The Labute approximate surface area is 150 Å². The first kappa shape index (κ1) is 14.7. The van der Waals surface area contributed by atoms with Crippen LogP contribution in [-0.2, 0) is 0 Å². The van der Waals surface area contributed by atoms with Crippen molar-refractivity contribution in [3.05, 3.63) is 85.1 Å². The summed E-state index contributed by atoms with van der Waals surface area (Å²) in [7, 11) is 0. The number of phenols is 1. The number of imidazole rings is 1. The molecule has 0 bridgehead atoms. The summed E-state index contributed by atoms with van der Waals surface area (Å²) in [5.41, 5.74) is 3.20. The lowest BCUT2D eigenvalue weighted by molar-refractivity contribution is 0.477. The Morgan fingerprint density at radius 1 is 0.769 bits per heavy atom. The Morgan fingerprint density at radius 3 is 2.46 bits per heavy atom. The molecule has 2 aromatic heterocycles. The lowest BCUT2D eigenvalue weighted by atomic mass is 10.1. The van der Waals surface area contributed by atoms with Gasteiger partial charge in [0.15, 0.2) is 11.5 Å². The summed E-state index contributed by atoms with van der Waals surface area (Å²) in [4.78, 5) is 9.27. The van der Waals surface area contributed by atoms with Gasteiger partial charge in [-0.05, 0) is 47.2 Å². The van der Waals surface area contributed by atoms with Crippen molar-refractivity contribution in [3.8, 4) is 22.8 Å². The highest BCUT2D eigenvalue weighted by atomic mass is 16.3. The molecule has 4 heteroatoms. The minimum atomic E-state index is 0.199. The van der Waals surface area contributed by atoms with E-state index < -0.39 is 0 Å². The lowest BCUT2D eigenvalue weighted by Crippen LogP contribution is -1.99. The van der Waals surface area contributed by atoms with Gasteiger partial charge in [-0.2, -0.15) is 0 Å². The van der Waals surface area contributed by atoms with E-state index in [4.69, 9.17) is 4.98 Å². The molecular weight excluding hydrogens is 322 g/mol. The zero-order chi connectivity index (χ0) is 17.5. The fraction of sp³-hybridized carbons (Fsp3) is 0. The first-order valence-corrected chi connectivity index (χ1v) is 8.42. The molecule has 2 heterocycles. The van der Waals surface area contributed by atoms with Crippen LogP contribution in [0.3, 0.4) is 0 Å². The molecule has 124 valence electrons. The Bertz CT molecular complexity index is 1260. The smallest absolute Gasteiger partial charge is 0.164 e. The highest BCUT2D eigenvalue weighted by molar-refractivity contribution is 5.87. The van der Waals surface area contributed by atoms with Gasteiger partial charge in [0.1, 0.15) is 11.3 Å². The highest BCUT2D eigenvalue weighted by Gasteiger charge is 2.17. The van der Waals surface area contributed by atoms with Crippen molar-refractivity contribution in [2.24, 2.45) is 0 Å². The lowest BCUT2D eigenvalue weighted by Gasteiger charge is -2.11. The molecule has 0 aliphatic rings. The SMILES string of the molecule is Oc1ccccc1-c1nc2cccnc2n1-c1ccc2ccccc2c1. The maximum atomic E-state index is 10.4. The summed E-state index contributed by atoms with van der Waals surface area (Å²) in [6.45, 7) is 0. The second kappa shape index (κ2) is 5.70. The van der Waals surface area contributed by atoms with E-state index >= 15 is 0 Å². The van der Waals surface area contributed by atoms with Crippen molar-refractivity contribution in [1.29, 1.82) is 0 Å². The van der Waals surface area contributed by atoms with Crippen molar-refractivity contribution in [3.63, 3.8) is 0 Å². The van der Waals surface area contributed by atoms with Crippen LogP contribution in [0.4, 0.5) is 0 Å². The molecule has 26 heavy (non-hydrogen) atoms. The zero-order valence-corrected chi connectivity index (χ0v) is 13.9. The number of aromatic nitrogens is 3. The Morgan fingerprint density at radius 2 is 1.58 bits per heavy atom. The second-order valence-electron chi connectivity index (χ2n) is 6.17. The number of pyridine rings is 1. The monoisotopic (exact) mass is 337 g/mol. The first-order chi connectivity index (χ1) is 12.8. The Balaban J connectivity index is 1.85. The van der Waals surface area contributed by atoms with E-state index in [1.807, 2.05) is 41.0 Å². The molecule has 0 spiro atoms. The highest BCUT2D eigenvalue weighted by Crippen LogP contribution is 2.33. The predicted octanol–water partition coefficient (Wildman–Crippen LogP) is 4.95. The molecule has 1 N–H and O–H groups in total. The molecular formula is C22H15N3O. The summed E-state index contributed by atoms with van der Waals surface area (Å²) in [5.74, 6) is 0.872. The molecule has 0 saturated carbocycles. The Hall–Kier alpha value is -3.66. The van der Waals surface area contributed by atoms with Crippen molar-refractivity contribution in [1.82, 2.24) is 14.5 Å². The molecule has 0 aliphatic heterocycles. The molecule has 5 rings (SSSR count). The normalized spacial score (nSPS) is 11.2. The van der Waals surface area contributed by atoms with Crippen LogP contribution < -0.4 is 0 Å². The van der Waals surface area contributed by atoms with Crippen LogP contribution >= 0.6 is 0 Å². The van der Waals surface area contributed by atoms with Crippen LogP contribution in [0.15, 0.2) is 85.1 Å². The van der Waals surface area contributed by atoms with Crippen LogP contribution in [0.2, 0.25) is 0 Å². The van der Waals surface area contributed by atoms with Gasteiger partial charge in [0.2, 0.25) is 0 Å². The zero-order valence-electron chi connectivity index (χ0n) is 13.9. The standard InChI is InChI=1S/C22H15N3O/c26-20-10-4-3-8-18(20)21-24-19-9-5-13-23-22(19)25(21)17-12-11-15-6-1-2-7-16(15)14-17/h1-14,26H. The molecule has 0 radical (unpaired) electrons. The number of fused-ring (bicyclic) bond motifs is 2. The maximum Gasteiger partial charge on any atom is 0.164 e. The largest absolute Gasteiger partial charge is 0.507 e. The van der Waals surface area contributed by atoms with Crippen LogP contribution in [-0.4, -0.2) is 19.6 Å². The summed E-state index contributed by atoms with van der Waals surface area (Å²) >= 11 is 0. The van der Waals surface area contributed by atoms with E-state index in [-0.39, 0.29) is 5.75 Å². The van der Waals surface area contributed by atoms with Crippen LogP contribution in [0, 0.1) is 0 Å². The van der Waals surface area contributed by atoms with E-state index in [0.717, 1.165) is 22.2 Å². The molecule has 0 saturated heterocycles. The van der Waals surface area contributed by atoms with Gasteiger partial charge in [-0.15, -0.1) is 0 Å². The fourth-order valence-electron chi connectivity index (χ4n) is 3.32. The average molecular weight is 337 g/mol. The quantitative estimate of drug-likeness (QED) is 0.496. The van der Waals surface area contributed by atoms with Crippen molar-refractivity contribution in [2.45, 2.75) is 0 Å². The molecule has 4 nitrogen and oxygen atoms in total. The van der Waals surface area contributed by atoms with E-state index in [1.54, 1.807) is 18.3 Å². The van der Waals surface area contributed by atoms with Crippen LogP contribution in [0.5, 0.6) is 5.75 Å². The average Bonchev–Trinajstić information content (AvgIpc) is 3.07. The Kier molecular flexibility index (Phi) is 3.22. The minimum Gasteiger partial charge on any atom is -0.507 e. The number of para-hydroxylation sites is 1. The number of hydrogen-bond acceptors (Lipinski definition) is 3. The second-order valence-corrected chi connectivity index (χ2v) is 6.17. The molecule has 0 fully saturated rings.